The largest absolute Gasteiger partial charge is 0.465 e. The van der Waals surface area contributed by atoms with Crippen LogP contribution >= 0.6 is 0 Å². The number of ether oxygens (including phenoxy) is 1. The summed E-state index contributed by atoms with van der Waals surface area (Å²) >= 11 is 0. The lowest BCUT2D eigenvalue weighted by molar-refractivity contribution is -0.141. The highest BCUT2D eigenvalue weighted by Gasteiger charge is 1.99. The molecule has 0 radical (unpaired) electrons. The van der Waals surface area contributed by atoms with Gasteiger partial charge in [-0.15, -0.1) is 0 Å². The van der Waals surface area contributed by atoms with Gasteiger partial charge in [0.05, 0.1) is 13.2 Å². The van der Waals surface area contributed by atoms with Crippen molar-refractivity contribution < 1.29 is 14.3 Å². The van der Waals surface area contributed by atoms with Crippen LogP contribution in [0.4, 0.5) is 0 Å². The Morgan fingerprint density at radius 3 is 2.69 bits per heavy atom. The second kappa shape index (κ2) is 7.54. The molecule has 5 heteroatoms. The molecule has 1 amide bonds. The van der Waals surface area contributed by atoms with E-state index in [1.807, 2.05) is 0 Å². The Hall–Kier alpha value is -1.10. The summed E-state index contributed by atoms with van der Waals surface area (Å²) in [6.45, 7) is 2.93. The van der Waals surface area contributed by atoms with E-state index in [4.69, 9.17) is 5.73 Å². The zero-order chi connectivity index (χ0) is 10.1. The van der Waals surface area contributed by atoms with Crippen molar-refractivity contribution >= 4 is 11.9 Å². The molecule has 0 saturated heterocycles. The van der Waals surface area contributed by atoms with Crippen LogP contribution in [0.15, 0.2) is 0 Å². The van der Waals surface area contributed by atoms with E-state index in [1.54, 1.807) is 6.92 Å². The Labute approximate surface area is 77.6 Å². The Morgan fingerprint density at radius 1 is 1.46 bits per heavy atom. The standard InChI is InChI=1S/C8H16N2O3/c1-2-13-8(12)6-10-5-3-4-7(9)11/h10H,2-6H2,1H3,(H2,9,11). The molecule has 0 aliphatic heterocycles. The second-order valence-electron chi connectivity index (χ2n) is 2.55. The van der Waals surface area contributed by atoms with E-state index in [-0.39, 0.29) is 18.4 Å². The van der Waals surface area contributed by atoms with Gasteiger partial charge in [0.15, 0.2) is 0 Å². The topological polar surface area (TPSA) is 81.4 Å². The molecule has 0 bridgehead atoms. The summed E-state index contributed by atoms with van der Waals surface area (Å²) < 4.78 is 4.68. The highest BCUT2D eigenvalue weighted by atomic mass is 16.5. The van der Waals surface area contributed by atoms with Gasteiger partial charge in [-0.25, -0.2) is 0 Å². The van der Waals surface area contributed by atoms with Crippen LogP contribution in [0.5, 0.6) is 0 Å². The molecule has 5 nitrogen and oxygen atoms in total. The molecule has 76 valence electrons. The molecule has 0 rings (SSSR count). The van der Waals surface area contributed by atoms with Crippen LogP contribution in [-0.2, 0) is 14.3 Å². The van der Waals surface area contributed by atoms with Crippen LogP contribution < -0.4 is 11.1 Å². The number of primary amides is 1. The molecular formula is C8H16N2O3. The number of rotatable bonds is 7. The number of carbonyl (C=O) groups is 2. The predicted octanol–water partition coefficient (Wildman–Crippen LogP) is -0.595. The van der Waals surface area contributed by atoms with Crippen molar-refractivity contribution in [2.24, 2.45) is 5.73 Å². The minimum Gasteiger partial charge on any atom is -0.465 e. The molecule has 0 unspecified atom stereocenters. The Balaban J connectivity index is 3.16. The molecular weight excluding hydrogens is 172 g/mol. The molecule has 0 aliphatic rings. The SMILES string of the molecule is CCOC(=O)CNCCCC(N)=O. The second-order valence-corrected chi connectivity index (χ2v) is 2.55. The van der Waals surface area contributed by atoms with E-state index < -0.39 is 0 Å². The van der Waals surface area contributed by atoms with E-state index in [9.17, 15) is 9.59 Å². The Bertz CT molecular complexity index is 171. The van der Waals surface area contributed by atoms with Crippen molar-refractivity contribution in [3.8, 4) is 0 Å². The number of esters is 1. The van der Waals surface area contributed by atoms with Gasteiger partial charge in [0, 0.05) is 6.42 Å². The first-order valence-electron chi connectivity index (χ1n) is 4.31. The first-order chi connectivity index (χ1) is 6.16. The van der Waals surface area contributed by atoms with E-state index in [2.05, 4.69) is 10.1 Å². The van der Waals surface area contributed by atoms with Crippen LogP contribution in [0.25, 0.3) is 0 Å². The molecule has 3 N–H and O–H groups in total. The number of carbonyl (C=O) groups excluding carboxylic acids is 2. The molecule has 0 spiro atoms. The summed E-state index contributed by atoms with van der Waals surface area (Å²) in [5.41, 5.74) is 4.92. The summed E-state index contributed by atoms with van der Waals surface area (Å²) in [6.07, 6.45) is 0.991. The Kier molecular flexibility index (Phi) is 6.91. The molecule has 0 heterocycles. The number of amides is 1. The lowest BCUT2D eigenvalue weighted by atomic mass is 10.3. The van der Waals surface area contributed by atoms with Crippen molar-refractivity contribution in [2.75, 3.05) is 19.7 Å². The molecule has 0 aromatic rings. The normalized spacial score (nSPS) is 9.62. The van der Waals surface area contributed by atoms with Gasteiger partial charge in [-0.1, -0.05) is 0 Å². The third-order valence-electron chi connectivity index (χ3n) is 1.35. The number of nitrogens with two attached hydrogens (primary N) is 1. The van der Waals surface area contributed by atoms with Crippen LogP contribution in [0.3, 0.4) is 0 Å². The van der Waals surface area contributed by atoms with Crippen molar-refractivity contribution in [1.82, 2.24) is 5.32 Å². The van der Waals surface area contributed by atoms with Gasteiger partial charge in [0.1, 0.15) is 0 Å². The third-order valence-corrected chi connectivity index (χ3v) is 1.35. The highest BCUT2D eigenvalue weighted by molar-refractivity contribution is 5.73. The maximum Gasteiger partial charge on any atom is 0.319 e. The lowest BCUT2D eigenvalue weighted by Gasteiger charge is -2.02. The fraction of sp³-hybridized carbons (Fsp3) is 0.750. The number of nitrogens with one attached hydrogen (secondary N) is 1. The quantitative estimate of drug-likeness (QED) is 0.413. The summed E-state index contributed by atoms with van der Waals surface area (Å²) in [4.78, 5) is 21.1. The van der Waals surface area contributed by atoms with E-state index >= 15 is 0 Å². The monoisotopic (exact) mass is 188 g/mol. The van der Waals surface area contributed by atoms with Gasteiger partial charge in [0.25, 0.3) is 0 Å². The third kappa shape index (κ3) is 8.81. The van der Waals surface area contributed by atoms with Crippen molar-refractivity contribution in [2.45, 2.75) is 19.8 Å². The van der Waals surface area contributed by atoms with Gasteiger partial charge in [-0.3, -0.25) is 9.59 Å². The average molecular weight is 188 g/mol. The van der Waals surface area contributed by atoms with Crippen LogP contribution in [0, 0.1) is 0 Å². The summed E-state index contributed by atoms with van der Waals surface area (Å²) in [7, 11) is 0. The highest BCUT2D eigenvalue weighted by Crippen LogP contribution is 1.84. The number of hydrogen-bond acceptors (Lipinski definition) is 4. The van der Waals surface area contributed by atoms with Gasteiger partial charge in [-0.05, 0) is 19.9 Å². The van der Waals surface area contributed by atoms with Crippen molar-refractivity contribution in [3.63, 3.8) is 0 Å². The van der Waals surface area contributed by atoms with Crippen LogP contribution in [-0.4, -0.2) is 31.6 Å². The fourth-order valence-electron chi connectivity index (χ4n) is 0.790. The van der Waals surface area contributed by atoms with Crippen LogP contribution in [0.2, 0.25) is 0 Å². The molecule has 0 atom stereocenters. The Morgan fingerprint density at radius 2 is 2.15 bits per heavy atom. The summed E-state index contributed by atoms with van der Waals surface area (Å²) in [6, 6.07) is 0. The van der Waals surface area contributed by atoms with Gasteiger partial charge in [-0.2, -0.15) is 0 Å². The fourth-order valence-corrected chi connectivity index (χ4v) is 0.790. The van der Waals surface area contributed by atoms with E-state index in [1.165, 1.54) is 0 Å². The smallest absolute Gasteiger partial charge is 0.319 e. The van der Waals surface area contributed by atoms with Crippen LogP contribution in [0.1, 0.15) is 19.8 Å². The molecule has 0 fully saturated rings. The molecule has 0 saturated carbocycles. The van der Waals surface area contributed by atoms with Crippen molar-refractivity contribution in [1.29, 1.82) is 0 Å². The maximum atomic E-state index is 10.8. The maximum absolute atomic E-state index is 10.8. The lowest BCUT2D eigenvalue weighted by Crippen LogP contribution is -2.26. The minimum absolute atomic E-state index is 0.187. The summed E-state index contributed by atoms with van der Waals surface area (Å²) in [5.74, 6) is -0.598. The molecule has 13 heavy (non-hydrogen) atoms. The van der Waals surface area contributed by atoms with Gasteiger partial charge < -0.3 is 15.8 Å². The zero-order valence-corrected chi connectivity index (χ0v) is 7.84. The first kappa shape index (κ1) is 11.9. The predicted molar refractivity (Wildman–Crippen MR) is 47.9 cm³/mol. The zero-order valence-electron chi connectivity index (χ0n) is 7.84. The molecule has 0 aromatic heterocycles. The first-order valence-corrected chi connectivity index (χ1v) is 4.31. The van der Waals surface area contributed by atoms with Gasteiger partial charge in [0.2, 0.25) is 5.91 Å². The average Bonchev–Trinajstić information content (AvgIpc) is 2.03. The van der Waals surface area contributed by atoms with E-state index in [0.29, 0.717) is 26.0 Å². The van der Waals surface area contributed by atoms with Gasteiger partial charge >= 0.3 is 5.97 Å². The molecule has 0 aromatic carbocycles. The molecule has 0 aliphatic carbocycles. The van der Waals surface area contributed by atoms with E-state index in [0.717, 1.165) is 0 Å². The summed E-state index contributed by atoms with van der Waals surface area (Å²) in [5, 5.41) is 2.84. The van der Waals surface area contributed by atoms with Crippen molar-refractivity contribution in [3.05, 3.63) is 0 Å². The number of hydrogen-bond donors (Lipinski definition) is 2. The minimum atomic E-state index is -0.321.